The van der Waals surface area contributed by atoms with E-state index in [0.29, 0.717) is 49.3 Å². The number of amides is 2. The average molecular weight is 452 g/mol. The zero-order valence-corrected chi connectivity index (χ0v) is 18.4. The fourth-order valence-corrected chi connectivity index (χ4v) is 3.77. The second kappa shape index (κ2) is 10.2. The molecule has 1 aromatic carbocycles. The number of aliphatic hydroxyl groups is 1. The molecule has 0 radical (unpaired) electrons. The van der Waals surface area contributed by atoms with Crippen LogP contribution in [0.15, 0.2) is 30.3 Å². The Morgan fingerprint density at radius 1 is 1.23 bits per heavy atom. The highest BCUT2D eigenvalue weighted by atomic mass is 32.3. The minimum atomic E-state index is -2.76. The van der Waals surface area contributed by atoms with Crippen LogP contribution in [0, 0.1) is 0 Å². The summed E-state index contributed by atoms with van der Waals surface area (Å²) in [6.45, 7) is 4.16. The third-order valence-electron chi connectivity index (χ3n) is 4.57. The van der Waals surface area contributed by atoms with Gasteiger partial charge in [-0.05, 0) is 31.2 Å². The van der Waals surface area contributed by atoms with Crippen LogP contribution in [0.2, 0.25) is 0 Å². The van der Waals surface area contributed by atoms with Crippen molar-refractivity contribution < 1.29 is 23.7 Å². The largest absolute Gasteiger partial charge is 0.394 e. The topological polar surface area (TPSA) is 140 Å². The molecule has 2 aromatic rings. The number of hydrogen-bond acceptors (Lipinski definition) is 8. The number of aliphatic hydroxyl groups excluding tert-OH is 1. The van der Waals surface area contributed by atoms with Gasteiger partial charge in [-0.3, -0.25) is 9.11 Å². The van der Waals surface area contributed by atoms with Crippen molar-refractivity contribution in [1.29, 1.82) is 0 Å². The third-order valence-corrected chi connectivity index (χ3v) is 5.42. The monoisotopic (exact) mass is 451 g/mol. The summed E-state index contributed by atoms with van der Waals surface area (Å²) in [5, 5.41) is 14.3. The average Bonchev–Trinajstić information content (AvgIpc) is 2.73. The van der Waals surface area contributed by atoms with Crippen molar-refractivity contribution in [1.82, 2.24) is 15.3 Å². The number of benzene rings is 1. The van der Waals surface area contributed by atoms with Gasteiger partial charge in [-0.15, -0.1) is 0 Å². The van der Waals surface area contributed by atoms with E-state index in [0.717, 1.165) is 5.56 Å². The lowest BCUT2D eigenvalue weighted by atomic mass is 10.2. The molecule has 31 heavy (non-hydrogen) atoms. The second-order valence-electron chi connectivity index (χ2n) is 7.54. The third kappa shape index (κ3) is 7.04. The van der Waals surface area contributed by atoms with Gasteiger partial charge in [0.05, 0.1) is 37.3 Å². The number of rotatable bonds is 7. The predicted octanol–water partition coefficient (Wildman–Crippen LogP) is 2.36. The van der Waals surface area contributed by atoms with Gasteiger partial charge in [0.15, 0.2) is 5.82 Å². The van der Waals surface area contributed by atoms with Crippen LogP contribution in [-0.2, 0) is 10.5 Å². The molecule has 1 aromatic heterocycles. The Hall–Kier alpha value is -2.44. The lowest BCUT2D eigenvalue weighted by Gasteiger charge is -2.30. The molecule has 1 unspecified atom stereocenters. The number of aromatic nitrogens is 2. The lowest BCUT2D eigenvalue weighted by molar-refractivity contribution is 0.122. The van der Waals surface area contributed by atoms with E-state index in [4.69, 9.17) is 9.84 Å². The summed E-state index contributed by atoms with van der Waals surface area (Å²) in [5.41, 5.74) is 1.87. The molecule has 0 bridgehead atoms. The Morgan fingerprint density at radius 2 is 1.90 bits per heavy atom. The summed E-state index contributed by atoms with van der Waals surface area (Å²) in [6.07, 6.45) is 1.40. The predicted molar refractivity (Wildman–Crippen MR) is 122 cm³/mol. The second-order valence-corrected chi connectivity index (χ2v) is 9.81. The number of nitrogens with one attached hydrogen (secondary N) is 2. The number of morpholine rings is 1. The SMILES string of the molecule is CC(CO)NC(=O)Nc1ccc(-c2nc(CS(C)(O)O)cc(N3CCOCC3)n2)cc1. The molecule has 0 aliphatic carbocycles. The molecule has 1 atom stereocenters. The number of ether oxygens (including phenoxy) is 1. The molecule has 11 heteroatoms. The van der Waals surface area contributed by atoms with Crippen molar-refractivity contribution in [2.24, 2.45) is 0 Å². The maximum atomic E-state index is 11.9. The number of hydrogen-bond donors (Lipinski definition) is 5. The van der Waals surface area contributed by atoms with E-state index in [1.165, 1.54) is 6.26 Å². The van der Waals surface area contributed by atoms with Gasteiger partial charge in [-0.2, -0.15) is 10.6 Å². The van der Waals surface area contributed by atoms with E-state index in [1.807, 2.05) is 0 Å². The molecule has 170 valence electrons. The maximum absolute atomic E-state index is 11.9. The molecule has 1 fully saturated rings. The summed E-state index contributed by atoms with van der Waals surface area (Å²) in [4.78, 5) is 23.2. The van der Waals surface area contributed by atoms with Crippen LogP contribution in [0.4, 0.5) is 16.3 Å². The molecule has 1 aliphatic heterocycles. The van der Waals surface area contributed by atoms with Gasteiger partial charge >= 0.3 is 6.03 Å². The van der Waals surface area contributed by atoms with E-state index < -0.39 is 16.6 Å². The van der Waals surface area contributed by atoms with Gasteiger partial charge in [0, 0.05) is 36.7 Å². The van der Waals surface area contributed by atoms with Crippen molar-refractivity contribution in [3.63, 3.8) is 0 Å². The van der Waals surface area contributed by atoms with Crippen LogP contribution in [-0.4, -0.2) is 75.4 Å². The highest BCUT2D eigenvalue weighted by molar-refractivity contribution is 8.23. The molecule has 2 amide bonds. The first-order valence-corrected chi connectivity index (χ1v) is 12.1. The van der Waals surface area contributed by atoms with Crippen molar-refractivity contribution in [3.05, 3.63) is 36.0 Å². The first-order chi connectivity index (χ1) is 14.7. The minimum absolute atomic E-state index is 0.0444. The molecular formula is C20H29N5O5S. The molecule has 2 heterocycles. The molecule has 10 nitrogen and oxygen atoms in total. The van der Waals surface area contributed by atoms with E-state index in [1.54, 1.807) is 37.3 Å². The van der Waals surface area contributed by atoms with Crippen molar-refractivity contribution in [2.45, 2.75) is 18.7 Å². The zero-order chi connectivity index (χ0) is 22.4. The standard InChI is InChI=1S/C20H29N5O5S/c1-14(12-26)21-20(27)23-16-5-3-15(4-6-16)19-22-17(13-31(2,28)29)11-18(24-19)25-7-9-30-10-8-25/h3-6,11,14,26,28-29H,7-10,12-13H2,1-2H3,(H2,21,23,27). The number of carbonyl (C=O) groups is 1. The molecule has 5 N–H and O–H groups in total. The van der Waals surface area contributed by atoms with Crippen LogP contribution in [0.25, 0.3) is 11.4 Å². The van der Waals surface area contributed by atoms with Crippen LogP contribution in [0.5, 0.6) is 0 Å². The van der Waals surface area contributed by atoms with E-state index in [9.17, 15) is 13.9 Å². The van der Waals surface area contributed by atoms with Gasteiger partial charge in [0.25, 0.3) is 0 Å². The number of carbonyl (C=O) groups excluding carboxylic acids is 1. The fraction of sp³-hybridized carbons (Fsp3) is 0.450. The zero-order valence-electron chi connectivity index (χ0n) is 17.6. The van der Waals surface area contributed by atoms with Crippen LogP contribution in [0.1, 0.15) is 12.6 Å². The summed E-state index contributed by atoms with van der Waals surface area (Å²) in [6, 6.07) is 8.08. The van der Waals surface area contributed by atoms with Crippen LogP contribution >= 0.6 is 10.6 Å². The van der Waals surface area contributed by atoms with E-state index in [2.05, 4.69) is 25.5 Å². The smallest absolute Gasteiger partial charge is 0.319 e. The summed E-state index contributed by atoms with van der Waals surface area (Å²) >= 11 is 0. The molecule has 3 rings (SSSR count). The molecule has 0 spiro atoms. The minimum Gasteiger partial charge on any atom is -0.394 e. The van der Waals surface area contributed by atoms with Crippen LogP contribution in [0.3, 0.4) is 0 Å². The van der Waals surface area contributed by atoms with Crippen LogP contribution < -0.4 is 15.5 Å². The quantitative estimate of drug-likeness (QED) is 0.432. The van der Waals surface area contributed by atoms with Gasteiger partial charge in [-0.1, -0.05) is 0 Å². The molecular weight excluding hydrogens is 422 g/mol. The Bertz CT molecular complexity index is 885. The van der Waals surface area contributed by atoms with Gasteiger partial charge in [-0.25, -0.2) is 14.8 Å². The Balaban J connectivity index is 1.83. The first-order valence-electron chi connectivity index (χ1n) is 9.94. The van der Waals surface area contributed by atoms with Gasteiger partial charge in [0.2, 0.25) is 0 Å². The number of anilines is 2. The Labute approximate surface area is 183 Å². The molecule has 1 saturated heterocycles. The van der Waals surface area contributed by atoms with Gasteiger partial charge < -0.3 is 25.4 Å². The number of urea groups is 1. The molecule has 1 aliphatic rings. The Morgan fingerprint density at radius 3 is 2.52 bits per heavy atom. The fourth-order valence-electron chi connectivity index (χ4n) is 3.06. The highest BCUT2D eigenvalue weighted by Gasteiger charge is 2.18. The Kier molecular flexibility index (Phi) is 7.68. The van der Waals surface area contributed by atoms with Crippen molar-refractivity contribution in [2.75, 3.05) is 49.4 Å². The summed E-state index contributed by atoms with van der Waals surface area (Å²) in [5.74, 6) is 1.22. The first kappa shape index (κ1) is 23.2. The van der Waals surface area contributed by atoms with E-state index in [-0.39, 0.29) is 18.4 Å². The summed E-state index contributed by atoms with van der Waals surface area (Å²) < 4.78 is 25.2. The number of nitrogens with zero attached hydrogens (tertiary/aromatic N) is 3. The lowest BCUT2D eigenvalue weighted by Crippen LogP contribution is -2.38. The highest BCUT2D eigenvalue weighted by Crippen LogP contribution is 2.38. The van der Waals surface area contributed by atoms with E-state index >= 15 is 0 Å². The maximum Gasteiger partial charge on any atom is 0.319 e. The van der Waals surface area contributed by atoms with Crippen molar-refractivity contribution >= 4 is 28.1 Å². The summed E-state index contributed by atoms with van der Waals surface area (Å²) in [7, 11) is -2.76. The van der Waals surface area contributed by atoms with Crippen molar-refractivity contribution in [3.8, 4) is 11.4 Å². The van der Waals surface area contributed by atoms with Gasteiger partial charge in [0.1, 0.15) is 5.82 Å². The normalized spacial score (nSPS) is 16.0. The molecule has 0 saturated carbocycles.